The minimum atomic E-state index is -0.673. The number of benzene rings is 2. The van der Waals surface area contributed by atoms with E-state index in [0.717, 1.165) is 11.3 Å². The maximum atomic E-state index is 13.7. The number of hydrogen-bond acceptors (Lipinski definition) is 8. The van der Waals surface area contributed by atoms with E-state index < -0.39 is 5.92 Å². The van der Waals surface area contributed by atoms with Crippen molar-refractivity contribution in [2.75, 3.05) is 33.8 Å². The number of rotatable bonds is 6. The van der Waals surface area contributed by atoms with Crippen LogP contribution < -0.4 is 29.8 Å². The van der Waals surface area contributed by atoms with E-state index in [1.54, 1.807) is 26.4 Å². The molecule has 188 valence electrons. The van der Waals surface area contributed by atoms with Crippen LogP contribution in [0.2, 0.25) is 0 Å². The molecule has 1 aromatic heterocycles. The zero-order chi connectivity index (χ0) is 25.6. The number of phenolic OH excluding ortho intramolecular Hbond substituents is 1. The zero-order valence-corrected chi connectivity index (χ0v) is 20.4. The smallest absolute Gasteiger partial charge is 0.270 e. The van der Waals surface area contributed by atoms with Crippen molar-refractivity contribution < 1.29 is 28.8 Å². The summed E-state index contributed by atoms with van der Waals surface area (Å²) in [4.78, 5) is 26.5. The summed E-state index contributed by atoms with van der Waals surface area (Å²) in [6.45, 7) is 0. The van der Waals surface area contributed by atoms with Gasteiger partial charge in [-0.05, 0) is 47.7 Å². The number of H-pyrrole nitrogens is 2. The standard InChI is InChI=1S/C26H27N3O7/c1-33-17-6-5-12(9-18(17)34-2)13-7-15-22(16(30)8-13)21(23-25(27-15)28-29-26(23)32)14-10-19(35-3)24(31)20(11-14)36-4/h5-6,9-11,13,21,31H,7-8H2,1-4H3,(H3,27,28,29,32). The second-order valence-electron chi connectivity index (χ2n) is 8.73. The molecule has 0 bridgehead atoms. The molecule has 0 spiro atoms. The lowest BCUT2D eigenvalue weighted by Crippen LogP contribution is -2.31. The lowest BCUT2D eigenvalue weighted by atomic mass is 9.72. The van der Waals surface area contributed by atoms with Crippen LogP contribution in [0.1, 0.15) is 41.4 Å². The molecule has 4 N–H and O–H groups in total. The van der Waals surface area contributed by atoms with Crippen molar-refractivity contribution >= 4 is 11.6 Å². The van der Waals surface area contributed by atoms with Crippen LogP contribution >= 0.6 is 0 Å². The number of aromatic amines is 2. The molecule has 2 unspecified atom stereocenters. The predicted molar refractivity (Wildman–Crippen MR) is 132 cm³/mol. The van der Waals surface area contributed by atoms with Crippen LogP contribution in [0.15, 0.2) is 46.4 Å². The Balaban J connectivity index is 1.63. The number of hydrogen-bond donors (Lipinski definition) is 4. The maximum absolute atomic E-state index is 13.7. The zero-order valence-electron chi connectivity index (χ0n) is 20.4. The van der Waals surface area contributed by atoms with Crippen LogP contribution in [-0.2, 0) is 4.79 Å². The van der Waals surface area contributed by atoms with Crippen LogP contribution in [0.5, 0.6) is 28.7 Å². The number of phenols is 1. The Labute approximate surface area is 206 Å². The minimum absolute atomic E-state index is 0.0780. The topological polar surface area (TPSA) is 135 Å². The van der Waals surface area contributed by atoms with Crippen molar-refractivity contribution in [2.24, 2.45) is 0 Å². The summed E-state index contributed by atoms with van der Waals surface area (Å²) in [5.74, 6) is 1.07. The number of ketones is 1. The van der Waals surface area contributed by atoms with E-state index in [-0.39, 0.29) is 40.9 Å². The van der Waals surface area contributed by atoms with E-state index in [4.69, 9.17) is 18.9 Å². The number of anilines is 1. The normalized spacial score (nSPS) is 18.7. The van der Waals surface area contributed by atoms with E-state index >= 15 is 0 Å². The van der Waals surface area contributed by atoms with E-state index in [9.17, 15) is 14.7 Å². The number of nitrogens with one attached hydrogen (secondary N) is 3. The highest BCUT2D eigenvalue weighted by atomic mass is 16.5. The van der Waals surface area contributed by atoms with E-state index in [2.05, 4.69) is 15.5 Å². The number of fused-ring (bicyclic) bond motifs is 1. The average Bonchev–Trinajstić information content (AvgIpc) is 3.27. The van der Waals surface area contributed by atoms with Gasteiger partial charge in [0.05, 0.1) is 34.0 Å². The third-order valence-corrected chi connectivity index (χ3v) is 6.89. The van der Waals surface area contributed by atoms with E-state index in [1.807, 2.05) is 18.2 Å². The van der Waals surface area contributed by atoms with Crippen LogP contribution in [0.3, 0.4) is 0 Å². The molecule has 2 aromatic carbocycles. The third-order valence-electron chi connectivity index (χ3n) is 6.89. The van der Waals surface area contributed by atoms with Crippen molar-refractivity contribution in [1.82, 2.24) is 10.2 Å². The van der Waals surface area contributed by atoms with Crippen molar-refractivity contribution in [3.63, 3.8) is 0 Å². The molecule has 0 saturated heterocycles. The fourth-order valence-corrected chi connectivity index (χ4v) is 5.18. The summed E-state index contributed by atoms with van der Waals surface area (Å²) >= 11 is 0. The molecule has 0 amide bonds. The fraction of sp³-hybridized carbons (Fsp3) is 0.308. The van der Waals surface area contributed by atoms with Gasteiger partial charge in [-0.1, -0.05) is 6.07 Å². The highest BCUT2D eigenvalue weighted by Crippen LogP contribution is 2.49. The molecule has 1 aliphatic carbocycles. The number of aromatic nitrogens is 2. The highest BCUT2D eigenvalue weighted by Gasteiger charge is 2.41. The first-order valence-corrected chi connectivity index (χ1v) is 11.4. The molecule has 2 atom stereocenters. The van der Waals surface area contributed by atoms with E-state index in [0.29, 0.717) is 40.4 Å². The molecule has 2 aliphatic rings. The van der Waals surface area contributed by atoms with Gasteiger partial charge in [0.2, 0.25) is 5.75 Å². The van der Waals surface area contributed by atoms with Crippen molar-refractivity contribution in [2.45, 2.75) is 24.7 Å². The summed E-state index contributed by atoms with van der Waals surface area (Å²) < 4.78 is 21.5. The fourth-order valence-electron chi connectivity index (χ4n) is 5.18. The first kappa shape index (κ1) is 23.4. The highest BCUT2D eigenvalue weighted by molar-refractivity contribution is 6.01. The van der Waals surface area contributed by atoms with Gasteiger partial charge in [-0.25, -0.2) is 0 Å². The molecule has 1 aliphatic heterocycles. The van der Waals surface area contributed by atoms with Crippen molar-refractivity contribution in [1.29, 1.82) is 0 Å². The van der Waals surface area contributed by atoms with E-state index in [1.165, 1.54) is 14.2 Å². The summed E-state index contributed by atoms with van der Waals surface area (Å²) in [7, 11) is 6.01. The average molecular weight is 494 g/mol. The van der Waals surface area contributed by atoms with Gasteiger partial charge in [0, 0.05) is 23.6 Å². The molecule has 0 fully saturated rings. The Morgan fingerprint density at radius 2 is 1.44 bits per heavy atom. The first-order chi connectivity index (χ1) is 17.4. The second kappa shape index (κ2) is 9.03. The first-order valence-electron chi connectivity index (χ1n) is 11.4. The molecular formula is C26H27N3O7. The van der Waals surface area contributed by atoms with Gasteiger partial charge in [0.25, 0.3) is 5.56 Å². The number of carbonyl (C=O) groups is 1. The molecule has 36 heavy (non-hydrogen) atoms. The number of aromatic hydroxyl groups is 1. The number of ether oxygens (including phenoxy) is 4. The Kier molecular flexibility index (Phi) is 5.87. The summed E-state index contributed by atoms with van der Waals surface area (Å²) in [6, 6.07) is 8.91. The van der Waals surface area contributed by atoms with Gasteiger partial charge in [-0.3, -0.25) is 19.8 Å². The lowest BCUT2D eigenvalue weighted by molar-refractivity contribution is -0.116. The molecule has 0 radical (unpaired) electrons. The van der Waals surface area contributed by atoms with Crippen LogP contribution in [-0.4, -0.2) is 49.5 Å². The molecule has 10 nitrogen and oxygen atoms in total. The third kappa shape index (κ3) is 3.65. The number of methoxy groups -OCH3 is 4. The summed E-state index contributed by atoms with van der Waals surface area (Å²) in [5.41, 5.74) is 2.84. The molecule has 0 saturated carbocycles. The van der Waals surface area contributed by atoms with Crippen LogP contribution in [0.4, 0.5) is 5.82 Å². The minimum Gasteiger partial charge on any atom is -0.502 e. The van der Waals surface area contributed by atoms with Crippen LogP contribution in [0.25, 0.3) is 0 Å². The largest absolute Gasteiger partial charge is 0.502 e. The molecular weight excluding hydrogens is 466 g/mol. The molecule has 5 rings (SSSR count). The Hall–Kier alpha value is -4.34. The predicted octanol–water partition coefficient (Wildman–Crippen LogP) is 3.40. The SMILES string of the molecule is COc1ccc(C2CC(=O)C3=C(C2)Nc2[nH][nH]c(=O)c2C3c2cc(OC)c(O)c(OC)c2)cc1OC. The summed E-state index contributed by atoms with van der Waals surface area (Å²) in [6.07, 6.45) is 0.808. The van der Waals surface area contributed by atoms with Gasteiger partial charge in [0.1, 0.15) is 5.82 Å². The van der Waals surface area contributed by atoms with Gasteiger partial charge < -0.3 is 29.4 Å². The van der Waals surface area contributed by atoms with Crippen LogP contribution in [0, 0.1) is 0 Å². The van der Waals surface area contributed by atoms with Crippen molar-refractivity contribution in [3.05, 3.63) is 68.6 Å². The molecule has 2 heterocycles. The van der Waals surface area contributed by atoms with Gasteiger partial charge in [0.15, 0.2) is 28.8 Å². The molecule has 10 heteroatoms. The maximum Gasteiger partial charge on any atom is 0.270 e. The number of carbonyl (C=O) groups excluding carboxylic acids is 1. The van der Waals surface area contributed by atoms with Gasteiger partial charge in [-0.15, -0.1) is 0 Å². The molecule has 3 aromatic rings. The summed E-state index contributed by atoms with van der Waals surface area (Å²) in [5, 5.41) is 19.2. The number of Topliss-reactive ketones (excluding diaryl/α,β-unsaturated/α-hetero) is 1. The van der Waals surface area contributed by atoms with Gasteiger partial charge in [-0.2, -0.15) is 0 Å². The monoisotopic (exact) mass is 493 g/mol. The number of allylic oxidation sites excluding steroid dienone is 2. The Bertz CT molecular complexity index is 1410. The lowest BCUT2D eigenvalue weighted by Gasteiger charge is -2.35. The Morgan fingerprint density at radius 1 is 0.806 bits per heavy atom. The quantitative estimate of drug-likeness (QED) is 0.410. The van der Waals surface area contributed by atoms with Gasteiger partial charge >= 0.3 is 0 Å². The second-order valence-corrected chi connectivity index (χ2v) is 8.73. The Morgan fingerprint density at radius 3 is 2.08 bits per heavy atom. The van der Waals surface area contributed by atoms with Crippen molar-refractivity contribution in [3.8, 4) is 28.7 Å².